The molecule has 1 atom stereocenters. The summed E-state index contributed by atoms with van der Waals surface area (Å²) in [5.74, 6) is -1.04. The molecule has 46 valence electrons. The minimum Gasteiger partial charge on any atom is -0.480 e. The first kappa shape index (κ1) is 7.37. The summed E-state index contributed by atoms with van der Waals surface area (Å²) in [4.78, 5) is 19.6. The first-order chi connectivity index (χ1) is 3.63. The van der Waals surface area contributed by atoms with Gasteiger partial charge in [-0.1, -0.05) is 0 Å². The van der Waals surface area contributed by atoms with Crippen LogP contribution in [0.1, 0.15) is 0 Å². The molecular weight excluding hydrogens is 129 g/mol. The summed E-state index contributed by atoms with van der Waals surface area (Å²) in [6, 6.07) is 0. The van der Waals surface area contributed by atoms with Gasteiger partial charge in [-0.3, -0.25) is 9.59 Å². The van der Waals surface area contributed by atoms with Crippen LogP contribution in [-0.2, 0) is 4.79 Å². The van der Waals surface area contributed by atoms with E-state index in [4.69, 9.17) is 5.11 Å². The maximum absolute atomic E-state index is 9.94. The van der Waals surface area contributed by atoms with Crippen molar-refractivity contribution in [3.63, 3.8) is 0 Å². The zero-order chi connectivity index (χ0) is 6.57. The Labute approximate surface area is 48.5 Å². The Morgan fingerprint density at radius 3 is 2.25 bits per heavy atom. The van der Waals surface area contributed by atoms with E-state index >= 15 is 0 Å². The van der Waals surface area contributed by atoms with Crippen molar-refractivity contribution in [3.05, 3.63) is 0 Å². The van der Waals surface area contributed by atoms with E-state index in [9.17, 15) is 9.59 Å². The molecule has 0 aliphatic rings. The largest absolute Gasteiger partial charge is 0.480 e. The zero-order valence-electron chi connectivity index (χ0n) is 4.05. The van der Waals surface area contributed by atoms with Crippen molar-refractivity contribution in [2.75, 3.05) is 6.54 Å². The molecular formula is C3H6NO3P. The molecule has 1 unspecified atom stereocenters. The van der Waals surface area contributed by atoms with Gasteiger partial charge in [0.1, 0.15) is 6.54 Å². The fourth-order valence-corrected chi connectivity index (χ4v) is 0.265. The Kier molecular flexibility index (Phi) is 3.12. The second-order valence-corrected chi connectivity index (χ2v) is 1.64. The molecule has 8 heavy (non-hydrogen) atoms. The minimum atomic E-state index is -1.04. The molecule has 0 aliphatic heterocycles. The zero-order valence-corrected chi connectivity index (χ0v) is 5.20. The lowest BCUT2D eigenvalue weighted by molar-refractivity contribution is -0.135. The van der Waals surface area contributed by atoms with Crippen LogP contribution in [0.25, 0.3) is 0 Å². The number of carboxylic acid groups (broad SMARTS) is 1. The Bertz CT molecular complexity index is 99.1. The summed E-state index contributed by atoms with van der Waals surface area (Å²) >= 11 is 0. The quantitative estimate of drug-likeness (QED) is 0.509. The molecule has 0 aliphatic carbocycles. The van der Waals surface area contributed by atoms with Crippen LogP contribution < -0.4 is 5.32 Å². The number of hydrogen-bond acceptors (Lipinski definition) is 2. The van der Waals surface area contributed by atoms with E-state index in [0.29, 0.717) is 0 Å². The SMILES string of the molecule is O=C(O)CNC(=O)P. The number of amides is 1. The summed E-state index contributed by atoms with van der Waals surface area (Å²) in [7, 11) is 1.81. The summed E-state index contributed by atoms with van der Waals surface area (Å²) < 4.78 is 0. The molecule has 0 saturated heterocycles. The Hall–Kier alpha value is -0.630. The summed E-state index contributed by atoms with van der Waals surface area (Å²) in [5.41, 5.74) is -0.410. The van der Waals surface area contributed by atoms with Crippen molar-refractivity contribution in [1.82, 2.24) is 5.32 Å². The molecule has 5 heteroatoms. The van der Waals surface area contributed by atoms with Crippen LogP contribution >= 0.6 is 9.24 Å². The first-order valence-electron chi connectivity index (χ1n) is 1.88. The minimum absolute atomic E-state index is 0.317. The van der Waals surface area contributed by atoms with E-state index < -0.39 is 11.6 Å². The van der Waals surface area contributed by atoms with E-state index in [1.165, 1.54) is 0 Å². The topological polar surface area (TPSA) is 66.4 Å². The summed E-state index contributed by atoms with van der Waals surface area (Å²) in [6.07, 6.45) is 0. The highest BCUT2D eigenvalue weighted by Gasteiger charge is 1.94. The molecule has 4 nitrogen and oxygen atoms in total. The number of carboxylic acids is 1. The predicted molar refractivity (Wildman–Crippen MR) is 30.7 cm³/mol. The van der Waals surface area contributed by atoms with Crippen LogP contribution in [0.3, 0.4) is 0 Å². The van der Waals surface area contributed by atoms with Crippen molar-refractivity contribution in [3.8, 4) is 0 Å². The second-order valence-electron chi connectivity index (χ2n) is 1.11. The number of aliphatic carboxylic acids is 1. The van der Waals surface area contributed by atoms with E-state index in [1.807, 2.05) is 9.24 Å². The lowest BCUT2D eigenvalue weighted by Crippen LogP contribution is -2.23. The highest BCUT2D eigenvalue weighted by atomic mass is 31.0. The first-order valence-corrected chi connectivity index (χ1v) is 2.45. The normalized spacial score (nSPS) is 8.12. The average Bonchev–Trinajstić information content (AvgIpc) is 1.61. The second kappa shape index (κ2) is 3.38. The van der Waals surface area contributed by atoms with Gasteiger partial charge in [0.15, 0.2) is 0 Å². The van der Waals surface area contributed by atoms with Gasteiger partial charge in [0.2, 0.25) is 5.65 Å². The van der Waals surface area contributed by atoms with Crippen molar-refractivity contribution in [2.24, 2.45) is 0 Å². The van der Waals surface area contributed by atoms with Crippen molar-refractivity contribution in [1.29, 1.82) is 0 Å². The summed E-state index contributed by atoms with van der Waals surface area (Å²) in [5, 5.41) is 10.0. The number of hydrogen-bond donors (Lipinski definition) is 2. The maximum atomic E-state index is 9.94. The molecule has 0 fully saturated rings. The van der Waals surface area contributed by atoms with Crippen molar-refractivity contribution >= 4 is 20.9 Å². The third kappa shape index (κ3) is 5.37. The predicted octanol–water partition coefficient (Wildman–Crippen LogP) is -0.344. The van der Waals surface area contributed by atoms with Gasteiger partial charge in [-0.05, 0) is 9.24 Å². The molecule has 0 aromatic carbocycles. The Balaban J connectivity index is 3.18. The number of nitrogens with one attached hydrogen (secondary N) is 1. The lowest BCUT2D eigenvalue weighted by Gasteiger charge is -1.92. The Morgan fingerprint density at radius 1 is 1.62 bits per heavy atom. The van der Waals surface area contributed by atoms with E-state index in [0.717, 1.165) is 0 Å². The van der Waals surface area contributed by atoms with Crippen LogP contribution in [0.4, 0.5) is 4.79 Å². The Morgan fingerprint density at radius 2 is 2.12 bits per heavy atom. The smallest absolute Gasteiger partial charge is 0.322 e. The van der Waals surface area contributed by atoms with Gasteiger partial charge in [0, 0.05) is 0 Å². The van der Waals surface area contributed by atoms with Gasteiger partial charge in [0.25, 0.3) is 0 Å². The summed E-state index contributed by atoms with van der Waals surface area (Å²) in [6.45, 7) is -0.317. The van der Waals surface area contributed by atoms with Gasteiger partial charge < -0.3 is 10.4 Å². The maximum Gasteiger partial charge on any atom is 0.322 e. The fraction of sp³-hybridized carbons (Fsp3) is 0.333. The average molecular weight is 135 g/mol. The van der Waals surface area contributed by atoms with Gasteiger partial charge in [-0.15, -0.1) is 0 Å². The van der Waals surface area contributed by atoms with Crippen LogP contribution in [0, 0.1) is 0 Å². The van der Waals surface area contributed by atoms with Crippen molar-refractivity contribution in [2.45, 2.75) is 0 Å². The number of carbonyl (C=O) groups is 2. The van der Waals surface area contributed by atoms with Crippen LogP contribution in [0.2, 0.25) is 0 Å². The molecule has 0 aromatic rings. The fourth-order valence-electron chi connectivity index (χ4n) is 0.163. The highest BCUT2D eigenvalue weighted by molar-refractivity contribution is 7.39. The standard InChI is InChI=1S/C3H6NO3P/c5-2(6)1-4-3(7)8/h1,8H2,(H,4,7)(H,5,6). The molecule has 0 saturated carbocycles. The molecule has 0 rings (SSSR count). The highest BCUT2D eigenvalue weighted by Crippen LogP contribution is 1.79. The number of carbonyl (C=O) groups excluding carboxylic acids is 1. The molecule has 0 radical (unpaired) electrons. The van der Waals surface area contributed by atoms with Crippen LogP contribution in [-0.4, -0.2) is 23.3 Å². The van der Waals surface area contributed by atoms with Crippen molar-refractivity contribution < 1.29 is 14.7 Å². The van der Waals surface area contributed by atoms with E-state index in [2.05, 4.69) is 5.32 Å². The molecule has 0 heterocycles. The van der Waals surface area contributed by atoms with Gasteiger partial charge in [-0.2, -0.15) is 0 Å². The molecule has 2 N–H and O–H groups in total. The molecule has 0 bridgehead atoms. The van der Waals surface area contributed by atoms with Crippen LogP contribution in [0.5, 0.6) is 0 Å². The van der Waals surface area contributed by atoms with E-state index in [1.54, 1.807) is 0 Å². The van der Waals surface area contributed by atoms with E-state index in [-0.39, 0.29) is 6.54 Å². The molecule has 0 spiro atoms. The molecule has 0 aromatic heterocycles. The third-order valence-corrected chi connectivity index (χ3v) is 0.618. The van der Waals surface area contributed by atoms with Gasteiger partial charge in [0.05, 0.1) is 0 Å². The number of rotatable bonds is 2. The van der Waals surface area contributed by atoms with Gasteiger partial charge in [-0.25, -0.2) is 0 Å². The lowest BCUT2D eigenvalue weighted by atomic mass is 10.7. The monoisotopic (exact) mass is 135 g/mol. The van der Waals surface area contributed by atoms with Gasteiger partial charge >= 0.3 is 5.97 Å². The van der Waals surface area contributed by atoms with Crippen LogP contribution in [0.15, 0.2) is 0 Å². The third-order valence-electron chi connectivity index (χ3n) is 0.414. The molecule has 1 amide bonds.